The predicted molar refractivity (Wildman–Crippen MR) is 105 cm³/mol. The molecule has 0 radical (unpaired) electrons. The summed E-state index contributed by atoms with van der Waals surface area (Å²) in [5, 5.41) is 6.63. The van der Waals surface area contributed by atoms with Crippen molar-refractivity contribution in [2.24, 2.45) is 0 Å². The second-order valence-corrected chi connectivity index (χ2v) is 7.74. The summed E-state index contributed by atoms with van der Waals surface area (Å²) in [5.74, 6) is 0.696. The number of likely N-dealkylation sites (tertiary alicyclic amines) is 1. The van der Waals surface area contributed by atoms with Crippen LogP contribution in [-0.4, -0.2) is 43.2 Å². The zero-order valence-electron chi connectivity index (χ0n) is 15.6. The zero-order chi connectivity index (χ0) is 18.4. The van der Waals surface area contributed by atoms with Crippen LogP contribution < -0.4 is 15.4 Å². The fraction of sp³-hybridized carbons (Fsp3) is 0.650. The second kappa shape index (κ2) is 9.47. The number of hydrogen-bond acceptors (Lipinski definition) is 3. The van der Waals surface area contributed by atoms with Crippen molar-refractivity contribution in [2.75, 3.05) is 26.2 Å². The maximum Gasteiger partial charge on any atom is 0.315 e. The SMILES string of the molecule is C[C@H]1CCCCN1CCCCNC(=O)N[C@H]1CCOc2c(Cl)cccc21. The van der Waals surface area contributed by atoms with Gasteiger partial charge in [0.05, 0.1) is 17.7 Å². The number of urea groups is 1. The van der Waals surface area contributed by atoms with E-state index in [0.717, 1.165) is 31.4 Å². The number of rotatable bonds is 6. The molecule has 0 aliphatic carbocycles. The lowest BCUT2D eigenvalue weighted by Crippen LogP contribution is -2.40. The number of carbonyl (C=O) groups is 1. The Kier molecular flexibility index (Phi) is 7.03. The molecule has 2 heterocycles. The van der Waals surface area contributed by atoms with Gasteiger partial charge < -0.3 is 20.3 Å². The van der Waals surface area contributed by atoms with Crippen LogP contribution in [0.1, 0.15) is 57.1 Å². The summed E-state index contributed by atoms with van der Waals surface area (Å²) in [7, 11) is 0. The molecule has 0 unspecified atom stereocenters. The first-order valence-corrected chi connectivity index (χ1v) is 10.2. The van der Waals surface area contributed by atoms with Crippen LogP contribution in [0.4, 0.5) is 4.79 Å². The van der Waals surface area contributed by atoms with Crippen molar-refractivity contribution in [3.8, 4) is 5.75 Å². The number of hydrogen-bond donors (Lipinski definition) is 2. The largest absolute Gasteiger partial charge is 0.492 e. The third-order valence-electron chi connectivity index (χ3n) is 5.43. The highest BCUT2D eigenvalue weighted by atomic mass is 35.5. The summed E-state index contributed by atoms with van der Waals surface area (Å²) in [4.78, 5) is 14.8. The van der Waals surface area contributed by atoms with E-state index in [9.17, 15) is 4.79 Å². The van der Waals surface area contributed by atoms with Crippen LogP contribution in [0, 0.1) is 0 Å². The monoisotopic (exact) mass is 379 g/mol. The van der Waals surface area contributed by atoms with Crippen molar-refractivity contribution in [2.45, 2.75) is 57.5 Å². The average Bonchev–Trinajstić information content (AvgIpc) is 2.64. The van der Waals surface area contributed by atoms with E-state index in [1.165, 1.54) is 25.8 Å². The first-order valence-electron chi connectivity index (χ1n) is 9.85. The second-order valence-electron chi connectivity index (χ2n) is 7.34. The number of carbonyl (C=O) groups excluding carboxylic acids is 1. The topological polar surface area (TPSA) is 53.6 Å². The summed E-state index contributed by atoms with van der Waals surface area (Å²) in [5.41, 5.74) is 0.956. The minimum Gasteiger partial charge on any atom is -0.492 e. The standard InChI is InChI=1S/C20H30ClN3O2/c1-15-7-2-4-12-24(15)13-5-3-11-22-20(25)23-18-10-14-26-19-16(18)8-6-9-17(19)21/h6,8-9,15,18H,2-5,7,10-14H2,1H3,(H2,22,23,25)/t15-,18-/m0/s1. The summed E-state index contributed by atoms with van der Waals surface area (Å²) in [6.45, 7) is 5.95. The highest BCUT2D eigenvalue weighted by Gasteiger charge is 2.24. The molecule has 3 rings (SSSR count). The number of nitrogens with zero attached hydrogens (tertiary/aromatic N) is 1. The number of amides is 2. The Morgan fingerprint density at radius 2 is 2.19 bits per heavy atom. The molecule has 0 saturated carbocycles. The molecule has 2 aliphatic rings. The molecule has 0 bridgehead atoms. The van der Waals surface area contributed by atoms with Gasteiger partial charge in [0, 0.05) is 24.6 Å². The van der Waals surface area contributed by atoms with Crippen LogP contribution in [-0.2, 0) is 0 Å². The van der Waals surface area contributed by atoms with Crippen molar-refractivity contribution < 1.29 is 9.53 Å². The third-order valence-corrected chi connectivity index (χ3v) is 5.73. The van der Waals surface area contributed by atoms with E-state index < -0.39 is 0 Å². The first-order chi connectivity index (χ1) is 12.6. The van der Waals surface area contributed by atoms with Gasteiger partial charge in [-0.25, -0.2) is 4.79 Å². The fourth-order valence-corrected chi connectivity index (χ4v) is 4.11. The number of nitrogens with one attached hydrogen (secondary N) is 2. The third kappa shape index (κ3) is 5.04. The maximum absolute atomic E-state index is 12.2. The molecule has 0 spiro atoms. The molecule has 2 atom stereocenters. The van der Waals surface area contributed by atoms with E-state index in [4.69, 9.17) is 16.3 Å². The summed E-state index contributed by atoms with van der Waals surface area (Å²) in [6.07, 6.45) is 6.89. The van der Waals surface area contributed by atoms with Crippen molar-refractivity contribution >= 4 is 17.6 Å². The molecule has 1 aromatic carbocycles. The van der Waals surface area contributed by atoms with Gasteiger partial charge in [0.2, 0.25) is 0 Å². The number of fused-ring (bicyclic) bond motifs is 1. The van der Waals surface area contributed by atoms with Gasteiger partial charge in [-0.3, -0.25) is 0 Å². The minimum atomic E-state index is -0.117. The number of para-hydroxylation sites is 1. The highest BCUT2D eigenvalue weighted by molar-refractivity contribution is 6.32. The van der Waals surface area contributed by atoms with Crippen molar-refractivity contribution in [1.29, 1.82) is 0 Å². The molecular formula is C20H30ClN3O2. The molecule has 1 fully saturated rings. The maximum atomic E-state index is 12.2. The van der Waals surface area contributed by atoms with Gasteiger partial charge in [0.1, 0.15) is 5.75 Å². The van der Waals surface area contributed by atoms with Crippen LogP contribution in [0.25, 0.3) is 0 Å². The van der Waals surface area contributed by atoms with E-state index in [1.807, 2.05) is 18.2 Å². The lowest BCUT2D eigenvalue weighted by Gasteiger charge is -2.33. The Balaban J connectivity index is 1.37. The molecule has 2 amide bonds. The Morgan fingerprint density at radius 3 is 3.04 bits per heavy atom. The Bertz CT molecular complexity index is 611. The van der Waals surface area contributed by atoms with Crippen molar-refractivity contribution in [1.82, 2.24) is 15.5 Å². The van der Waals surface area contributed by atoms with E-state index in [2.05, 4.69) is 22.5 Å². The number of ether oxygens (including phenoxy) is 1. The smallest absolute Gasteiger partial charge is 0.315 e. The molecule has 26 heavy (non-hydrogen) atoms. The number of unbranched alkanes of at least 4 members (excludes halogenated alkanes) is 1. The summed E-state index contributed by atoms with van der Waals surface area (Å²) in [6, 6.07) is 6.21. The van der Waals surface area contributed by atoms with Crippen LogP contribution in [0.3, 0.4) is 0 Å². The van der Waals surface area contributed by atoms with Crippen LogP contribution in [0.15, 0.2) is 18.2 Å². The van der Waals surface area contributed by atoms with Crippen LogP contribution in [0.5, 0.6) is 5.75 Å². The normalized spacial score (nSPS) is 23.0. The number of piperidine rings is 1. The average molecular weight is 380 g/mol. The quantitative estimate of drug-likeness (QED) is 0.731. The van der Waals surface area contributed by atoms with Crippen LogP contribution in [0.2, 0.25) is 5.02 Å². The minimum absolute atomic E-state index is 0.0494. The Morgan fingerprint density at radius 1 is 1.31 bits per heavy atom. The molecule has 6 heteroatoms. The van der Waals surface area contributed by atoms with E-state index in [1.54, 1.807) is 0 Å². The number of halogens is 1. The molecule has 144 valence electrons. The summed E-state index contributed by atoms with van der Waals surface area (Å²) < 4.78 is 5.64. The van der Waals surface area contributed by atoms with Crippen molar-refractivity contribution in [3.63, 3.8) is 0 Å². The first kappa shape index (κ1) is 19.3. The fourth-order valence-electron chi connectivity index (χ4n) is 3.88. The van der Waals surface area contributed by atoms with Crippen molar-refractivity contribution in [3.05, 3.63) is 28.8 Å². The predicted octanol–water partition coefficient (Wildman–Crippen LogP) is 4.12. The van der Waals surface area contributed by atoms with Gasteiger partial charge >= 0.3 is 6.03 Å². The lowest BCUT2D eigenvalue weighted by atomic mass is 10.0. The number of benzene rings is 1. The van der Waals surface area contributed by atoms with E-state index in [-0.39, 0.29) is 12.1 Å². The van der Waals surface area contributed by atoms with Gasteiger partial charge in [-0.05, 0) is 51.8 Å². The molecule has 1 saturated heterocycles. The van der Waals surface area contributed by atoms with E-state index >= 15 is 0 Å². The van der Waals surface area contributed by atoms with Gasteiger partial charge in [-0.1, -0.05) is 30.2 Å². The molecule has 2 N–H and O–H groups in total. The van der Waals surface area contributed by atoms with Crippen LogP contribution >= 0.6 is 11.6 Å². The molecular weight excluding hydrogens is 350 g/mol. The van der Waals surface area contributed by atoms with Gasteiger partial charge in [0.25, 0.3) is 0 Å². The van der Waals surface area contributed by atoms with E-state index in [0.29, 0.717) is 30.0 Å². The molecule has 1 aromatic rings. The van der Waals surface area contributed by atoms with Gasteiger partial charge in [0.15, 0.2) is 0 Å². The molecule has 0 aromatic heterocycles. The highest BCUT2D eigenvalue weighted by Crippen LogP contribution is 2.37. The summed E-state index contributed by atoms with van der Waals surface area (Å²) >= 11 is 6.18. The zero-order valence-corrected chi connectivity index (χ0v) is 16.4. The van der Waals surface area contributed by atoms with Gasteiger partial charge in [-0.15, -0.1) is 0 Å². The lowest BCUT2D eigenvalue weighted by molar-refractivity contribution is 0.158. The molecule has 5 nitrogen and oxygen atoms in total. The Labute approximate surface area is 161 Å². The molecule has 2 aliphatic heterocycles. The van der Waals surface area contributed by atoms with Gasteiger partial charge in [-0.2, -0.15) is 0 Å². The Hall–Kier alpha value is -1.46.